The number of nitrogens with zero attached hydrogens (tertiary/aromatic N) is 3. The Labute approximate surface area is 121 Å². The van der Waals surface area contributed by atoms with Gasteiger partial charge in [-0.3, -0.25) is 0 Å². The molecule has 0 aliphatic carbocycles. The Morgan fingerprint density at radius 2 is 2.15 bits per heavy atom. The van der Waals surface area contributed by atoms with Gasteiger partial charge in [0.1, 0.15) is 16.5 Å². The first-order valence-corrected chi connectivity index (χ1v) is 7.44. The van der Waals surface area contributed by atoms with E-state index in [0.717, 1.165) is 6.20 Å². The zero-order valence-corrected chi connectivity index (χ0v) is 12.1. The van der Waals surface area contributed by atoms with Crippen LogP contribution in [0.5, 0.6) is 0 Å². The highest BCUT2D eigenvalue weighted by Gasteiger charge is 2.16. The highest BCUT2D eigenvalue weighted by Crippen LogP contribution is 2.19. The molecule has 0 saturated heterocycles. The number of nitrogens with one attached hydrogen (secondary N) is 1. The van der Waals surface area contributed by atoms with Gasteiger partial charge in [0.25, 0.3) is 0 Å². The third-order valence-electron chi connectivity index (χ3n) is 2.43. The van der Waals surface area contributed by atoms with Crippen LogP contribution in [-0.4, -0.2) is 23.4 Å². The van der Waals surface area contributed by atoms with Crippen LogP contribution < -0.4 is 10.5 Å². The number of nitrogens with two attached hydrogens (primary N) is 1. The van der Waals surface area contributed by atoms with Crippen molar-refractivity contribution in [3.8, 4) is 0 Å². The van der Waals surface area contributed by atoms with Gasteiger partial charge >= 0.3 is 0 Å². The Kier molecular flexibility index (Phi) is 4.17. The van der Waals surface area contributed by atoms with Crippen molar-refractivity contribution in [2.75, 3.05) is 5.73 Å². The molecule has 0 aliphatic rings. The molecular weight excluding hydrogens is 302 g/mol. The Morgan fingerprint density at radius 3 is 2.80 bits per heavy atom. The fraction of sp³-hybridized carbons (Fsp3) is 0.182. The summed E-state index contributed by atoms with van der Waals surface area (Å²) < 4.78 is 26.5. The number of pyridine rings is 1. The standard InChI is InChI=1S/C11H12ClN5O2S/c1-7-14-3-2-8(17-7)5-16-20(18,19)9-4-10(12)11(13)15-6-9/h2-4,6,16H,5H2,1H3,(H2,13,15). The summed E-state index contributed by atoms with van der Waals surface area (Å²) in [6, 6.07) is 2.88. The largest absolute Gasteiger partial charge is 0.382 e. The third kappa shape index (κ3) is 3.41. The molecule has 0 saturated carbocycles. The molecular formula is C11H12ClN5O2S. The minimum atomic E-state index is -3.72. The van der Waals surface area contributed by atoms with Crippen molar-refractivity contribution in [3.63, 3.8) is 0 Å². The number of anilines is 1. The Hall–Kier alpha value is -1.77. The molecule has 0 fully saturated rings. The average Bonchev–Trinajstić information content (AvgIpc) is 2.40. The van der Waals surface area contributed by atoms with E-state index in [1.165, 1.54) is 6.07 Å². The van der Waals surface area contributed by atoms with Crippen LogP contribution >= 0.6 is 11.6 Å². The summed E-state index contributed by atoms with van der Waals surface area (Å²) in [6.45, 7) is 1.77. The summed E-state index contributed by atoms with van der Waals surface area (Å²) in [5, 5.41) is 0.0887. The molecule has 0 unspecified atom stereocenters. The summed E-state index contributed by atoms with van der Waals surface area (Å²) in [7, 11) is -3.72. The quantitative estimate of drug-likeness (QED) is 0.867. The first kappa shape index (κ1) is 14.6. The summed E-state index contributed by atoms with van der Waals surface area (Å²) in [4.78, 5) is 11.7. The lowest BCUT2D eigenvalue weighted by Gasteiger charge is -2.07. The van der Waals surface area contributed by atoms with Crippen molar-refractivity contribution in [1.29, 1.82) is 0 Å². The normalized spacial score (nSPS) is 11.5. The van der Waals surface area contributed by atoms with Crippen molar-refractivity contribution in [2.45, 2.75) is 18.4 Å². The fourth-order valence-electron chi connectivity index (χ4n) is 1.43. The lowest BCUT2D eigenvalue weighted by atomic mass is 10.4. The van der Waals surface area contributed by atoms with Gasteiger partial charge in [0, 0.05) is 12.4 Å². The van der Waals surface area contributed by atoms with E-state index in [9.17, 15) is 8.42 Å². The highest BCUT2D eigenvalue weighted by atomic mass is 35.5. The van der Waals surface area contributed by atoms with E-state index in [-0.39, 0.29) is 22.3 Å². The number of halogens is 1. The molecule has 2 heterocycles. The minimum absolute atomic E-state index is 0.0493. The predicted octanol–water partition coefficient (Wildman–Crippen LogP) is 0.894. The second-order valence-electron chi connectivity index (χ2n) is 3.96. The fourth-order valence-corrected chi connectivity index (χ4v) is 2.63. The van der Waals surface area contributed by atoms with Gasteiger partial charge in [-0.2, -0.15) is 0 Å². The highest BCUT2D eigenvalue weighted by molar-refractivity contribution is 7.89. The lowest BCUT2D eigenvalue weighted by molar-refractivity contribution is 0.580. The molecule has 0 aromatic carbocycles. The Balaban J connectivity index is 2.17. The van der Waals surface area contributed by atoms with E-state index in [2.05, 4.69) is 19.7 Å². The van der Waals surface area contributed by atoms with Gasteiger partial charge in [-0.15, -0.1) is 0 Å². The molecule has 0 amide bonds. The summed E-state index contributed by atoms with van der Waals surface area (Å²) in [6.07, 6.45) is 2.71. The number of rotatable bonds is 4. The van der Waals surface area contributed by atoms with Crippen molar-refractivity contribution < 1.29 is 8.42 Å². The number of sulfonamides is 1. The van der Waals surface area contributed by atoms with Gasteiger partial charge in [-0.1, -0.05) is 11.6 Å². The van der Waals surface area contributed by atoms with Crippen molar-refractivity contribution in [1.82, 2.24) is 19.7 Å². The Bertz CT molecular complexity index is 735. The van der Waals surface area contributed by atoms with E-state index in [4.69, 9.17) is 17.3 Å². The van der Waals surface area contributed by atoms with Crippen LogP contribution in [0.15, 0.2) is 29.4 Å². The maximum absolute atomic E-state index is 12.1. The molecule has 7 nitrogen and oxygen atoms in total. The van der Waals surface area contributed by atoms with Crippen LogP contribution in [-0.2, 0) is 16.6 Å². The molecule has 2 aromatic heterocycles. The molecule has 0 spiro atoms. The van der Waals surface area contributed by atoms with E-state index < -0.39 is 10.0 Å². The number of aromatic nitrogens is 3. The van der Waals surface area contributed by atoms with Crippen molar-refractivity contribution >= 4 is 27.4 Å². The smallest absolute Gasteiger partial charge is 0.242 e. The molecule has 2 aromatic rings. The van der Waals surface area contributed by atoms with Crippen LogP contribution in [0.1, 0.15) is 11.5 Å². The number of nitrogen functional groups attached to an aromatic ring is 1. The summed E-state index contributed by atoms with van der Waals surface area (Å²) in [5.41, 5.74) is 6.00. The van der Waals surface area contributed by atoms with Gasteiger partial charge in [0.2, 0.25) is 10.0 Å². The zero-order chi connectivity index (χ0) is 14.8. The SMILES string of the molecule is Cc1nccc(CNS(=O)(=O)c2cnc(N)c(Cl)c2)n1. The van der Waals surface area contributed by atoms with Crippen LogP contribution in [0, 0.1) is 6.92 Å². The average molecular weight is 314 g/mol. The molecule has 3 N–H and O–H groups in total. The van der Waals surface area contributed by atoms with Crippen LogP contribution in [0.25, 0.3) is 0 Å². The van der Waals surface area contributed by atoms with Gasteiger partial charge in [-0.05, 0) is 19.1 Å². The van der Waals surface area contributed by atoms with Gasteiger partial charge in [0.05, 0.1) is 17.3 Å². The van der Waals surface area contributed by atoms with Gasteiger partial charge in [-0.25, -0.2) is 28.1 Å². The van der Waals surface area contributed by atoms with Crippen LogP contribution in [0.3, 0.4) is 0 Å². The maximum atomic E-state index is 12.1. The third-order valence-corrected chi connectivity index (χ3v) is 4.10. The first-order chi connectivity index (χ1) is 9.38. The van der Waals surface area contributed by atoms with Crippen LogP contribution in [0.2, 0.25) is 5.02 Å². The molecule has 0 bridgehead atoms. The minimum Gasteiger partial charge on any atom is -0.382 e. The van der Waals surface area contributed by atoms with Crippen molar-refractivity contribution in [3.05, 3.63) is 41.1 Å². The number of hydrogen-bond donors (Lipinski definition) is 2. The zero-order valence-electron chi connectivity index (χ0n) is 10.5. The van der Waals surface area contributed by atoms with E-state index >= 15 is 0 Å². The van der Waals surface area contributed by atoms with Crippen molar-refractivity contribution in [2.24, 2.45) is 0 Å². The predicted molar refractivity (Wildman–Crippen MR) is 74.5 cm³/mol. The maximum Gasteiger partial charge on any atom is 0.242 e. The molecule has 0 atom stereocenters. The molecule has 0 aliphatic heterocycles. The molecule has 20 heavy (non-hydrogen) atoms. The second kappa shape index (κ2) is 5.70. The molecule has 106 valence electrons. The monoisotopic (exact) mass is 313 g/mol. The molecule has 0 radical (unpaired) electrons. The number of hydrogen-bond acceptors (Lipinski definition) is 6. The van der Waals surface area contributed by atoms with Crippen LogP contribution in [0.4, 0.5) is 5.82 Å². The second-order valence-corrected chi connectivity index (χ2v) is 6.13. The molecule has 9 heteroatoms. The molecule has 2 rings (SSSR count). The Morgan fingerprint density at radius 1 is 1.40 bits per heavy atom. The van der Waals surface area contributed by atoms with Gasteiger partial charge in [0.15, 0.2) is 0 Å². The summed E-state index contributed by atoms with van der Waals surface area (Å²) >= 11 is 5.76. The van der Waals surface area contributed by atoms with E-state index in [1.54, 1.807) is 19.2 Å². The summed E-state index contributed by atoms with van der Waals surface area (Å²) in [5.74, 6) is 0.649. The first-order valence-electron chi connectivity index (χ1n) is 5.58. The number of aryl methyl sites for hydroxylation is 1. The van der Waals surface area contributed by atoms with E-state index in [0.29, 0.717) is 11.5 Å². The van der Waals surface area contributed by atoms with Gasteiger partial charge < -0.3 is 5.73 Å². The topological polar surface area (TPSA) is 111 Å². The van der Waals surface area contributed by atoms with E-state index in [1.807, 2.05) is 0 Å². The lowest BCUT2D eigenvalue weighted by Crippen LogP contribution is -2.24.